The van der Waals surface area contributed by atoms with Gasteiger partial charge in [0, 0.05) is 44.1 Å². The molecule has 1 aromatic carbocycles. The third-order valence-corrected chi connectivity index (χ3v) is 7.23. The molecule has 1 aliphatic rings. The molecule has 0 spiro atoms. The number of aliphatic carboxylic acids is 1. The molecule has 214 valence electrons. The number of ether oxygens (including phenoxy) is 1. The predicted molar refractivity (Wildman–Crippen MR) is 146 cm³/mol. The molecule has 2 heterocycles. The number of hydrogen-bond acceptors (Lipinski definition) is 6. The van der Waals surface area contributed by atoms with Crippen molar-refractivity contribution < 1.29 is 28.2 Å². The zero-order chi connectivity index (χ0) is 28.4. The summed E-state index contributed by atoms with van der Waals surface area (Å²) in [6, 6.07) is 6.09. The van der Waals surface area contributed by atoms with E-state index in [1.807, 2.05) is 0 Å². The fraction of sp³-hybridized carbons (Fsp3) is 0.552. The Bertz CT molecular complexity index is 1130. The SMILES string of the molecule is COCCN(CCCCc1ccc2c(n1)NCCC2)CCC(NC(=O)C(C)(C)c1ccc(F)cc1F)C(=O)O. The van der Waals surface area contributed by atoms with Gasteiger partial charge in [-0.25, -0.2) is 18.6 Å². The molecular weight excluding hydrogens is 506 g/mol. The second-order valence-electron chi connectivity index (χ2n) is 10.5. The van der Waals surface area contributed by atoms with Crippen molar-refractivity contribution >= 4 is 17.7 Å². The van der Waals surface area contributed by atoms with Gasteiger partial charge in [0.05, 0.1) is 12.0 Å². The standard InChI is InChI=1S/C29H40F2N4O4/c1-29(2,23-12-10-21(30)19-24(23)31)28(38)34-25(27(36)37)13-16-35(17-18-39-3)15-5-4-8-22-11-9-20-7-6-14-32-26(20)33-22/h9-12,19,25H,4-8,13-18H2,1-3H3,(H,32,33)(H,34,38)(H,36,37). The Kier molecular flexibility index (Phi) is 11.2. The first kappa shape index (κ1) is 30.4. The minimum absolute atomic E-state index is 0.00328. The summed E-state index contributed by atoms with van der Waals surface area (Å²) in [5.74, 6) is -2.42. The molecule has 0 saturated heterocycles. The van der Waals surface area contributed by atoms with Crippen LogP contribution in [-0.2, 0) is 32.6 Å². The number of rotatable bonds is 15. The molecule has 1 aromatic heterocycles. The summed E-state index contributed by atoms with van der Waals surface area (Å²) >= 11 is 0. The first-order chi connectivity index (χ1) is 18.6. The highest BCUT2D eigenvalue weighted by molar-refractivity contribution is 5.90. The van der Waals surface area contributed by atoms with Gasteiger partial charge in [0.15, 0.2) is 0 Å². The topological polar surface area (TPSA) is 104 Å². The highest BCUT2D eigenvalue weighted by Crippen LogP contribution is 2.27. The summed E-state index contributed by atoms with van der Waals surface area (Å²) in [5, 5.41) is 15.7. The van der Waals surface area contributed by atoms with Gasteiger partial charge in [-0.05, 0) is 76.6 Å². The summed E-state index contributed by atoms with van der Waals surface area (Å²) in [6.07, 6.45) is 5.05. The van der Waals surface area contributed by atoms with Crippen molar-refractivity contribution in [3.63, 3.8) is 0 Å². The molecule has 1 aliphatic heterocycles. The first-order valence-corrected chi connectivity index (χ1v) is 13.5. The Balaban J connectivity index is 1.53. The number of nitrogens with zero attached hydrogens (tertiary/aromatic N) is 2. The van der Waals surface area contributed by atoms with Gasteiger partial charge >= 0.3 is 5.97 Å². The lowest BCUT2D eigenvalue weighted by atomic mass is 9.83. The number of anilines is 1. The molecule has 3 N–H and O–H groups in total. The van der Waals surface area contributed by atoms with Gasteiger partial charge < -0.3 is 25.4 Å². The Morgan fingerprint density at radius 3 is 2.69 bits per heavy atom. The van der Waals surface area contributed by atoms with Gasteiger partial charge in [-0.2, -0.15) is 0 Å². The zero-order valence-corrected chi connectivity index (χ0v) is 23.1. The number of benzene rings is 1. The molecule has 0 fully saturated rings. The zero-order valence-electron chi connectivity index (χ0n) is 23.1. The maximum absolute atomic E-state index is 14.3. The lowest BCUT2D eigenvalue weighted by Gasteiger charge is -2.28. The van der Waals surface area contributed by atoms with E-state index in [9.17, 15) is 23.5 Å². The minimum Gasteiger partial charge on any atom is -0.480 e. The molecule has 8 nitrogen and oxygen atoms in total. The number of aryl methyl sites for hydroxylation is 2. The van der Waals surface area contributed by atoms with Gasteiger partial charge in [-0.3, -0.25) is 4.79 Å². The van der Waals surface area contributed by atoms with E-state index in [4.69, 9.17) is 9.72 Å². The highest BCUT2D eigenvalue weighted by atomic mass is 19.1. The van der Waals surface area contributed by atoms with Crippen LogP contribution in [0, 0.1) is 11.6 Å². The molecule has 1 amide bonds. The highest BCUT2D eigenvalue weighted by Gasteiger charge is 2.35. The molecule has 0 bridgehead atoms. The van der Waals surface area contributed by atoms with E-state index < -0.39 is 35.0 Å². The van der Waals surface area contributed by atoms with Crippen LogP contribution >= 0.6 is 0 Å². The number of carboxylic acid groups (broad SMARTS) is 1. The van der Waals surface area contributed by atoms with E-state index >= 15 is 0 Å². The fourth-order valence-electron chi connectivity index (χ4n) is 4.73. The predicted octanol–water partition coefficient (Wildman–Crippen LogP) is 3.93. The van der Waals surface area contributed by atoms with Gasteiger partial charge in [0.25, 0.3) is 0 Å². The molecule has 10 heteroatoms. The van der Waals surface area contributed by atoms with Crippen LogP contribution in [0.3, 0.4) is 0 Å². The quantitative estimate of drug-likeness (QED) is 0.291. The van der Waals surface area contributed by atoms with Gasteiger partial charge in [-0.1, -0.05) is 12.1 Å². The monoisotopic (exact) mass is 546 g/mol. The number of unbranched alkanes of at least 4 members (excludes halogenated alkanes) is 1. The van der Waals surface area contributed by atoms with Gasteiger partial charge in [-0.15, -0.1) is 0 Å². The molecule has 0 aliphatic carbocycles. The molecule has 3 rings (SSSR count). The van der Waals surface area contributed by atoms with Crippen LogP contribution in [-0.4, -0.2) is 72.8 Å². The Hall–Kier alpha value is -3.11. The number of halogens is 2. The van der Waals surface area contributed by atoms with E-state index in [1.165, 1.54) is 25.5 Å². The summed E-state index contributed by atoms with van der Waals surface area (Å²) < 4.78 is 32.9. The van der Waals surface area contributed by atoms with E-state index in [1.54, 1.807) is 7.11 Å². The van der Waals surface area contributed by atoms with E-state index in [-0.39, 0.29) is 12.0 Å². The van der Waals surface area contributed by atoms with Gasteiger partial charge in [0.2, 0.25) is 5.91 Å². The Morgan fingerprint density at radius 1 is 1.18 bits per heavy atom. The van der Waals surface area contributed by atoms with Crippen molar-refractivity contribution in [2.75, 3.05) is 45.2 Å². The molecular formula is C29H40F2N4O4. The number of pyridine rings is 1. The number of carboxylic acids is 1. The number of hydrogen-bond donors (Lipinski definition) is 3. The average molecular weight is 547 g/mol. The van der Waals surface area contributed by atoms with Crippen molar-refractivity contribution in [2.24, 2.45) is 0 Å². The van der Waals surface area contributed by atoms with Crippen LogP contribution in [0.25, 0.3) is 0 Å². The summed E-state index contributed by atoms with van der Waals surface area (Å²) in [5.41, 5.74) is 0.931. The molecule has 1 atom stereocenters. The number of carbonyl (C=O) groups excluding carboxylic acids is 1. The molecule has 1 unspecified atom stereocenters. The number of methoxy groups -OCH3 is 1. The maximum Gasteiger partial charge on any atom is 0.326 e. The number of nitrogens with one attached hydrogen (secondary N) is 2. The average Bonchev–Trinajstić information content (AvgIpc) is 2.90. The van der Waals surface area contributed by atoms with Crippen molar-refractivity contribution in [2.45, 2.75) is 63.8 Å². The lowest BCUT2D eigenvalue weighted by Crippen LogP contribution is -2.49. The minimum atomic E-state index is -1.39. The second kappa shape index (κ2) is 14.3. The largest absolute Gasteiger partial charge is 0.480 e. The fourth-order valence-corrected chi connectivity index (χ4v) is 4.73. The van der Waals surface area contributed by atoms with Crippen LogP contribution in [0.5, 0.6) is 0 Å². The van der Waals surface area contributed by atoms with Gasteiger partial charge in [0.1, 0.15) is 23.5 Å². The molecule has 0 saturated carbocycles. The third-order valence-electron chi connectivity index (χ3n) is 7.23. The van der Waals surface area contributed by atoms with Crippen molar-refractivity contribution in [1.29, 1.82) is 0 Å². The smallest absolute Gasteiger partial charge is 0.326 e. The summed E-state index contributed by atoms with van der Waals surface area (Å²) in [6.45, 7) is 6.23. The third kappa shape index (κ3) is 8.69. The van der Waals surface area contributed by atoms with Crippen LogP contribution in [0.15, 0.2) is 30.3 Å². The lowest BCUT2D eigenvalue weighted by molar-refractivity contribution is -0.142. The maximum atomic E-state index is 14.3. The van der Waals surface area contributed by atoms with Crippen LogP contribution < -0.4 is 10.6 Å². The summed E-state index contributed by atoms with van der Waals surface area (Å²) in [7, 11) is 1.62. The second-order valence-corrected chi connectivity index (χ2v) is 10.5. The van der Waals surface area contributed by atoms with Crippen molar-refractivity contribution in [1.82, 2.24) is 15.2 Å². The van der Waals surface area contributed by atoms with Crippen molar-refractivity contribution in [3.8, 4) is 0 Å². The van der Waals surface area contributed by atoms with E-state index in [0.29, 0.717) is 25.8 Å². The van der Waals surface area contributed by atoms with E-state index in [2.05, 4.69) is 27.7 Å². The molecule has 2 aromatic rings. The Labute approximate surface area is 229 Å². The van der Waals surface area contributed by atoms with Crippen LogP contribution in [0.1, 0.15) is 56.4 Å². The normalized spacial score (nSPS) is 14.0. The number of aromatic nitrogens is 1. The van der Waals surface area contributed by atoms with Crippen LogP contribution in [0.2, 0.25) is 0 Å². The number of amides is 1. The van der Waals surface area contributed by atoms with Crippen molar-refractivity contribution in [3.05, 3.63) is 58.8 Å². The molecule has 0 radical (unpaired) electrons. The van der Waals surface area contributed by atoms with E-state index in [0.717, 1.165) is 62.8 Å². The molecule has 39 heavy (non-hydrogen) atoms. The first-order valence-electron chi connectivity index (χ1n) is 13.5. The number of fused-ring (bicyclic) bond motifs is 1. The Morgan fingerprint density at radius 2 is 1.97 bits per heavy atom. The van der Waals surface area contributed by atoms with Crippen LogP contribution in [0.4, 0.5) is 14.6 Å². The summed E-state index contributed by atoms with van der Waals surface area (Å²) in [4.78, 5) is 31.8. The number of carbonyl (C=O) groups is 2.